The summed E-state index contributed by atoms with van der Waals surface area (Å²) >= 11 is 1.67. The van der Waals surface area contributed by atoms with Crippen LogP contribution in [0.4, 0.5) is 4.79 Å². The molecule has 0 bridgehead atoms. The van der Waals surface area contributed by atoms with Crippen LogP contribution in [0, 0.1) is 5.92 Å². The number of carbonyl (C=O) groups is 2. The van der Waals surface area contributed by atoms with E-state index < -0.39 is 11.9 Å². The van der Waals surface area contributed by atoms with Crippen LogP contribution in [0.15, 0.2) is 6.33 Å². The van der Waals surface area contributed by atoms with E-state index >= 15 is 0 Å². The Hall–Kier alpha value is -2.22. The number of imide groups is 1. The number of nitrogens with one attached hydrogen (secondary N) is 2. The molecule has 128 valence electrons. The van der Waals surface area contributed by atoms with Gasteiger partial charge in [0.1, 0.15) is 11.2 Å². The Balaban J connectivity index is 1.75. The molecule has 0 aromatic carbocycles. The lowest BCUT2D eigenvalue weighted by Crippen LogP contribution is -2.41. The summed E-state index contributed by atoms with van der Waals surface area (Å²) in [4.78, 5) is 33.9. The molecule has 3 rings (SSSR count). The summed E-state index contributed by atoms with van der Waals surface area (Å²) in [6.07, 6.45) is 4.61. The number of nitrogens with zero attached hydrogens (tertiary/aromatic N) is 2. The van der Waals surface area contributed by atoms with Crippen LogP contribution < -0.4 is 15.4 Å². The summed E-state index contributed by atoms with van der Waals surface area (Å²) < 4.78 is 5.57. The van der Waals surface area contributed by atoms with Crippen molar-refractivity contribution < 1.29 is 14.3 Å². The number of aryl methyl sites for hydroxylation is 1. The zero-order chi connectivity index (χ0) is 17.1. The summed E-state index contributed by atoms with van der Waals surface area (Å²) in [5.74, 6) is 0.578. The normalized spacial score (nSPS) is 16.5. The van der Waals surface area contributed by atoms with Crippen molar-refractivity contribution >= 4 is 33.5 Å². The van der Waals surface area contributed by atoms with Crippen LogP contribution >= 0.6 is 11.3 Å². The number of ether oxygens (including phenoxy) is 1. The van der Waals surface area contributed by atoms with Gasteiger partial charge in [-0.2, -0.15) is 0 Å². The van der Waals surface area contributed by atoms with Crippen molar-refractivity contribution in [2.75, 3.05) is 13.2 Å². The van der Waals surface area contributed by atoms with E-state index in [2.05, 4.69) is 27.5 Å². The largest absolute Gasteiger partial charge is 0.467 e. The van der Waals surface area contributed by atoms with Crippen molar-refractivity contribution in [3.8, 4) is 5.88 Å². The fraction of sp³-hybridized carbons (Fsp3) is 0.500. The Bertz CT molecular complexity index is 774. The van der Waals surface area contributed by atoms with Crippen molar-refractivity contribution in [3.63, 3.8) is 0 Å². The zero-order valence-electron chi connectivity index (χ0n) is 13.7. The highest BCUT2D eigenvalue weighted by Crippen LogP contribution is 2.40. The van der Waals surface area contributed by atoms with Gasteiger partial charge in [0.2, 0.25) is 5.88 Å². The number of fused-ring (bicyclic) bond motifs is 3. The first-order valence-corrected chi connectivity index (χ1v) is 8.85. The standard InChI is InChI=1S/C16H20N4O3S/c1-3-17-16(22)20-12(21)7-23-14-13-10-5-4-9(2)6-11(10)24-15(13)19-8-18-14/h8-9H,3-7H2,1-2H3,(H2,17,20,21,22). The minimum absolute atomic E-state index is 0.260. The maximum atomic E-state index is 11.8. The van der Waals surface area contributed by atoms with Gasteiger partial charge in [-0.3, -0.25) is 10.1 Å². The lowest BCUT2D eigenvalue weighted by molar-refractivity contribution is -0.122. The van der Waals surface area contributed by atoms with E-state index in [1.54, 1.807) is 18.3 Å². The third kappa shape index (κ3) is 3.48. The fourth-order valence-corrected chi connectivity index (χ4v) is 4.20. The number of carbonyl (C=O) groups excluding carboxylic acids is 2. The second-order valence-corrected chi connectivity index (χ2v) is 6.99. The third-order valence-corrected chi connectivity index (χ3v) is 5.15. The van der Waals surface area contributed by atoms with Crippen molar-refractivity contribution in [1.29, 1.82) is 0 Å². The van der Waals surface area contributed by atoms with Gasteiger partial charge in [0, 0.05) is 11.4 Å². The lowest BCUT2D eigenvalue weighted by atomic mass is 9.89. The Labute approximate surface area is 143 Å². The van der Waals surface area contributed by atoms with Crippen molar-refractivity contribution in [2.45, 2.75) is 33.1 Å². The highest BCUT2D eigenvalue weighted by atomic mass is 32.1. The van der Waals surface area contributed by atoms with E-state index in [1.807, 2.05) is 0 Å². The number of amides is 3. The average Bonchev–Trinajstić information content (AvgIpc) is 2.90. The molecule has 0 saturated heterocycles. The van der Waals surface area contributed by atoms with Gasteiger partial charge in [-0.1, -0.05) is 6.92 Å². The van der Waals surface area contributed by atoms with E-state index in [4.69, 9.17) is 4.74 Å². The topological polar surface area (TPSA) is 93.2 Å². The van der Waals surface area contributed by atoms with Gasteiger partial charge in [-0.25, -0.2) is 14.8 Å². The molecule has 1 aliphatic rings. The van der Waals surface area contributed by atoms with Gasteiger partial charge in [-0.05, 0) is 37.7 Å². The van der Waals surface area contributed by atoms with Gasteiger partial charge in [0.05, 0.1) is 5.39 Å². The number of rotatable bonds is 4. The first-order chi connectivity index (χ1) is 11.6. The molecule has 0 aliphatic heterocycles. The van der Waals surface area contributed by atoms with Crippen LogP contribution in [0.1, 0.15) is 30.7 Å². The van der Waals surface area contributed by atoms with E-state index in [-0.39, 0.29) is 6.61 Å². The van der Waals surface area contributed by atoms with Crippen LogP contribution in [0.3, 0.4) is 0 Å². The van der Waals surface area contributed by atoms with Gasteiger partial charge in [-0.15, -0.1) is 11.3 Å². The van der Waals surface area contributed by atoms with Crippen molar-refractivity contribution in [2.24, 2.45) is 5.92 Å². The molecule has 7 nitrogen and oxygen atoms in total. The van der Waals surface area contributed by atoms with Crippen LogP contribution in [0.25, 0.3) is 10.2 Å². The molecule has 3 amide bonds. The molecule has 0 radical (unpaired) electrons. The molecule has 0 spiro atoms. The van der Waals surface area contributed by atoms with Crippen LogP contribution in [-0.4, -0.2) is 35.1 Å². The summed E-state index contributed by atoms with van der Waals surface area (Å²) in [6, 6.07) is -0.527. The van der Waals surface area contributed by atoms with E-state index in [0.29, 0.717) is 18.3 Å². The maximum absolute atomic E-state index is 11.8. The molecule has 2 aromatic rings. The lowest BCUT2D eigenvalue weighted by Gasteiger charge is -2.18. The Morgan fingerprint density at radius 2 is 2.25 bits per heavy atom. The predicted molar refractivity (Wildman–Crippen MR) is 91.3 cm³/mol. The number of thiophene rings is 1. The average molecular weight is 348 g/mol. The molecule has 8 heteroatoms. The van der Waals surface area contributed by atoms with Crippen molar-refractivity contribution in [1.82, 2.24) is 20.6 Å². The molecule has 2 heterocycles. The van der Waals surface area contributed by atoms with E-state index in [0.717, 1.165) is 29.5 Å². The molecule has 0 fully saturated rings. The molecular formula is C16H20N4O3S. The van der Waals surface area contributed by atoms with Gasteiger partial charge in [0.25, 0.3) is 5.91 Å². The molecule has 2 aromatic heterocycles. The molecule has 2 N–H and O–H groups in total. The molecule has 0 saturated carbocycles. The second kappa shape index (κ2) is 7.12. The third-order valence-electron chi connectivity index (χ3n) is 3.99. The molecular weight excluding hydrogens is 328 g/mol. The summed E-state index contributed by atoms with van der Waals surface area (Å²) in [5.41, 5.74) is 1.24. The minimum Gasteiger partial charge on any atom is -0.467 e. The van der Waals surface area contributed by atoms with E-state index in [9.17, 15) is 9.59 Å². The minimum atomic E-state index is -0.527. The SMILES string of the molecule is CCNC(=O)NC(=O)COc1ncnc2sc3c(c12)CCC(C)C3. The summed E-state index contributed by atoms with van der Waals surface area (Å²) in [5, 5.41) is 5.61. The van der Waals surface area contributed by atoms with Gasteiger partial charge in [0.15, 0.2) is 6.61 Å². The highest BCUT2D eigenvalue weighted by molar-refractivity contribution is 7.18. The molecule has 1 unspecified atom stereocenters. The fourth-order valence-electron chi connectivity index (χ4n) is 2.86. The number of hydrogen-bond acceptors (Lipinski definition) is 6. The van der Waals surface area contributed by atoms with Crippen LogP contribution in [0.5, 0.6) is 5.88 Å². The molecule has 1 aliphatic carbocycles. The molecule has 1 atom stereocenters. The Morgan fingerprint density at radius 1 is 1.42 bits per heavy atom. The number of aromatic nitrogens is 2. The first kappa shape index (κ1) is 16.6. The number of urea groups is 1. The smallest absolute Gasteiger partial charge is 0.321 e. The summed E-state index contributed by atoms with van der Waals surface area (Å²) in [6.45, 7) is 4.22. The van der Waals surface area contributed by atoms with Crippen LogP contribution in [-0.2, 0) is 17.6 Å². The van der Waals surface area contributed by atoms with Crippen LogP contribution in [0.2, 0.25) is 0 Å². The Morgan fingerprint density at radius 3 is 3.04 bits per heavy atom. The Kier molecular flexibility index (Phi) is 4.94. The maximum Gasteiger partial charge on any atom is 0.321 e. The van der Waals surface area contributed by atoms with E-state index in [1.165, 1.54) is 16.8 Å². The zero-order valence-corrected chi connectivity index (χ0v) is 14.5. The monoisotopic (exact) mass is 348 g/mol. The quantitative estimate of drug-likeness (QED) is 0.882. The van der Waals surface area contributed by atoms with Gasteiger partial charge < -0.3 is 10.1 Å². The second-order valence-electron chi connectivity index (χ2n) is 5.91. The van der Waals surface area contributed by atoms with Crippen molar-refractivity contribution in [3.05, 3.63) is 16.8 Å². The molecule has 24 heavy (non-hydrogen) atoms. The number of hydrogen-bond donors (Lipinski definition) is 2. The predicted octanol–water partition coefficient (Wildman–Crippen LogP) is 2.04. The first-order valence-electron chi connectivity index (χ1n) is 8.04. The highest BCUT2D eigenvalue weighted by Gasteiger charge is 2.24. The van der Waals surface area contributed by atoms with Gasteiger partial charge >= 0.3 is 6.03 Å². The summed E-state index contributed by atoms with van der Waals surface area (Å²) in [7, 11) is 0.